The van der Waals surface area contributed by atoms with Gasteiger partial charge < -0.3 is 14.6 Å². The lowest BCUT2D eigenvalue weighted by molar-refractivity contribution is 0.185. The molecule has 0 amide bonds. The molecule has 1 unspecified atom stereocenters. The molecule has 1 saturated heterocycles. The van der Waals surface area contributed by atoms with Crippen molar-refractivity contribution in [3.05, 3.63) is 23.0 Å². The molecule has 1 aromatic rings. The third-order valence-electron chi connectivity index (χ3n) is 3.65. The van der Waals surface area contributed by atoms with Crippen molar-refractivity contribution in [3.8, 4) is 0 Å². The second kappa shape index (κ2) is 5.02. The van der Waals surface area contributed by atoms with Crippen LogP contribution in [0.3, 0.4) is 0 Å². The Morgan fingerprint density at radius 2 is 2.31 bits per heavy atom. The lowest BCUT2D eigenvalue weighted by atomic mass is 10.1. The lowest BCUT2D eigenvalue weighted by Crippen LogP contribution is -2.22. The van der Waals surface area contributed by atoms with E-state index in [1.54, 1.807) is 0 Å². The van der Waals surface area contributed by atoms with Gasteiger partial charge in [0, 0.05) is 38.1 Å². The van der Waals surface area contributed by atoms with Crippen LogP contribution < -0.4 is 5.32 Å². The van der Waals surface area contributed by atoms with Crippen molar-refractivity contribution < 1.29 is 4.74 Å². The summed E-state index contributed by atoms with van der Waals surface area (Å²) < 4.78 is 7.61. The van der Waals surface area contributed by atoms with Crippen LogP contribution in [0.5, 0.6) is 0 Å². The number of hydrogen-bond acceptors (Lipinski definition) is 2. The van der Waals surface area contributed by atoms with E-state index >= 15 is 0 Å². The van der Waals surface area contributed by atoms with Crippen molar-refractivity contribution in [1.82, 2.24) is 9.88 Å². The molecule has 1 aromatic heterocycles. The second-order valence-corrected chi connectivity index (χ2v) is 4.82. The lowest BCUT2D eigenvalue weighted by Gasteiger charge is -2.09. The number of nitrogens with zero attached hydrogens (tertiary/aromatic N) is 1. The molecule has 0 bridgehead atoms. The quantitative estimate of drug-likeness (QED) is 0.840. The van der Waals surface area contributed by atoms with Crippen LogP contribution >= 0.6 is 0 Å². The minimum absolute atomic E-state index is 0.713. The van der Waals surface area contributed by atoms with Crippen LogP contribution in [0.25, 0.3) is 0 Å². The first-order valence-electron chi connectivity index (χ1n) is 6.08. The maximum atomic E-state index is 5.36. The van der Waals surface area contributed by atoms with Crippen molar-refractivity contribution in [2.45, 2.75) is 26.8 Å². The highest BCUT2D eigenvalue weighted by molar-refractivity contribution is 5.26. The summed E-state index contributed by atoms with van der Waals surface area (Å²) in [5, 5.41) is 3.53. The molecule has 1 atom stereocenters. The average molecular weight is 222 g/mol. The predicted octanol–water partition coefficient (Wildman–Crippen LogP) is 1.77. The molecule has 0 spiro atoms. The molecular weight excluding hydrogens is 200 g/mol. The molecule has 2 heterocycles. The van der Waals surface area contributed by atoms with E-state index in [4.69, 9.17) is 4.74 Å². The Morgan fingerprint density at radius 3 is 2.88 bits per heavy atom. The standard InChI is InChI=1S/C13H22N2O/c1-10-6-13(11(2)15(10)3)8-14-7-12-4-5-16-9-12/h6,12,14H,4-5,7-9H2,1-3H3. The van der Waals surface area contributed by atoms with Gasteiger partial charge in [0.15, 0.2) is 0 Å². The Morgan fingerprint density at radius 1 is 1.50 bits per heavy atom. The SMILES string of the molecule is Cc1cc(CNCC2CCOC2)c(C)n1C. The van der Waals surface area contributed by atoms with E-state index in [2.05, 4.69) is 36.8 Å². The minimum atomic E-state index is 0.713. The molecule has 0 aliphatic carbocycles. The number of nitrogens with one attached hydrogen (secondary N) is 1. The van der Waals surface area contributed by atoms with E-state index < -0.39 is 0 Å². The fraction of sp³-hybridized carbons (Fsp3) is 0.692. The summed E-state index contributed by atoms with van der Waals surface area (Å²) in [7, 11) is 2.12. The molecule has 2 rings (SSSR count). The first-order chi connectivity index (χ1) is 7.68. The smallest absolute Gasteiger partial charge is 0.0507 e. The Labute approximate surface area is 97.8 Å². The molecule has 1 aliphatic heterocycles. The molecule has 1 fully saturated rings. The fourth-order valence-corrected chi connectivity index (χ4v) is 2.27. The van der Waals surface area contributed by atoms with Gasteiger partial charge in [0.25, 0.3) is 0 Å². The van der Waals surface area contributed by atoms with Crippen LogP contribution in [0, 0.1) is 19.8 Å². The molecule has 3 heteroatoms. The summed E-state index contributed by atoms with van der Waals surface area (Å²) in [4.78, 5) is 0. The van der Waals surface area contributed by atoms with Gasteiger partial charge >= 0.3 is 0 Å². The molecule has 90 valence electrons. The normalized spacial score (nSPS) is 20.6. The maximum absolute atomic E-state index is 5.36. The van der Waals surface area contributed by atoms with Gasteiger partial charge in [-0.25, -0.2) is 0 Å². The van der Waals surface area contributed by atoms with E-state index in [0.29, 0.717) is 5.92 Å². The summed E-state index contributed by atoms with van der Waals surface area (Å²) in [6, 6.07) is 2.27. The van der Waals surface area contributed by atoms with Gasteiger partial charge in [-0.05, 0) is 37.8 Å². The Balaban J connectivity index is 1.82. The summed E-state index contributed by atoms with van der Waals surface area (Å²) >= 11 is 0. The van der Waals surface area contributed by atoms with Gasteiger partial charge in [-0.2, -0.15) is 0 Å². The van der Waals surface area contributed by atoms with Crippen LogP contribution in [0.1, 0.15) is 23.4 Å². The van der Waals surface area contributed by atoms with Crippen LogP contribution in [-0.2, 0) is 18.3 Å². The van der Waals surface area contributed by atoms with E-state index in [9.17, 15) is 0 Å². The summed E-state index contributed by atoms with van der Waals surface area (Å²) in [6.07, 6.45) is 1.21. The highest BCUT2D eigenvalue weighted by Gasteiger charge is 2.15. The van der Waals surface area contributed by atoms with Gasteiger partial charge in [0.1, 0.15) is 0 Å². The molecule has 16 heavy (non-hydrogen) atoms. The first-order valence-corrected chi connectivity index (χ1v) is 6.08. The maximum Gasteiger partial charge on any atom is 0.0507 e. The molecule has 1 aliphatic rings. The highest BCUT2D eigenvalue weighted by atomic mass is 16.5. The Hall–Kier alpha value is -0.800. The zero-order valence-corrected chi connectivity index (χ0v) is 10.5. The zero-order valence-electron chi connectivity index (χ0n) is 10.5. The zero-order chi connectivity index (χ0) is 11.5. The van der Waals surface area contributed by atoms with Crippen LogP contribution in [0.2, 0.25) is 0 Å². The highest BCUT2D eigenvalue weighted by Crippen LogP contribution is 2.14. The molecule has 0 aromatic carbocycles. The summed E-state index contributed by atoms with van der Waals surface area (Å²) in [5.74, 6) is 0.713. The largest absolute Gasteiger partial charge is 0.381 e. The van der Waals surface area contributed by atoms with Gasteiger partial charge in [0.05, 0.1) is 6.61 Å². The van der Waals surface area contributed by atoms with Crippen LogP contribution in [0.4, 0.5) is 0 Å². The number of aryl methyl sites for hydroxylation is 1. The first kappa shape index (κ1) is 11.7. The van der Waals surface area contributed by atoms with Gasteiger partial charge in [0.2, 0.25) is 0 Å². The van der Waals surface area contributed by atoms with E-state index in [1.807, 2.05) is 0 Å². The molecule has 3 nitrogen and oxygen atoms in total. The summed E-state index contributed by atoms with van der Waals surface area (Å²) in [6.45, 7) is 8.26. The Bertz CT molecular complexity index is 351. The van der Waals surface area contributed by atoms with Crippen LogP contribution in [-0.4, -0.2) is 24.3 Å². The van der Waals surface area contributed by atoms with Crippen molar-refractivity contribution >= 4 is 0 Å². The van der Waals surface area contributed by atoms with Gasteiger partial charge in [-0.3, -0.25) is 0 Å². The third-order valence-corrected chi connectivity index (χ3v) is 3.65. The number of ether oxygens (including phenoxy) is 1. The van der Waals surface area contributed by atoms with Gasteiger partial charge in [-0.1, -0.05) is 0 Å². The van der Waals surface area contributed by atoms with Crippen molar-refractivity contribution in [3.63, 3.8) is 0 Å². The Kier molecular flexibility index (Phi) is 3.66. The van der Waals surface area contributed by atoms with Crippen LogP contribution in [0.15, 0.2) is 6.07 Å². The molecule has 0 saturated carbocycles. The topological polar surface area (TPSA) is 26.2 Å². The molecule has 1 N–H and O–H groups in total. The molecular formula is C13H22N2O. The number of aromatic nitrogens is 1. The van der Waals surface area contributed by atoms with E-state index in [1.165, 1.54) is 23.4 Å². The predicted molar refractivity (Wildman–Crippen MR) is 65.5 cm³/mol. The summed E-state index contributed by atoms with van der Waals surface area (Å²) in [5.41, 5.74) is 4.12. The number of rotatable bonds is 4. The third kappa shape index (κ3) is 2.47. The van der Waals surface area contributed by atoms with E-state index in [-0.39, 0.29) is 0 Å². The molecule has 0 radical (unpaired) electrons. The average Bonchev–Trinajstić information content (AvgIpc) is 2.85. The van der Waals surface area contributed by atoms with E-state index in [0.717, 1.165) is 26.3 Å². The monoisotopic (exact) mass is 222 g/mol. The van der Waals surface area contributed by atoms with Gasteiger partial charge in [-0.15, -0.1) is 0 Å². The van der Waals surface area contributed by atoms with Crippen molar-refractivity contribution in [1.29, 1.82) is 0 Å². The van der Waals surface area contributed by atoms with Crippen molar-refractivity contribution in [2.75, 3.05) is 19.8 Å². The minimum Gasteiger partial charge on any atom is -0.381 e. The second-order valence-electron chi connectivity index (χ2n) is 4.82. The fourth-order valence-electron chi connectivity index (χ4n) is 2.27. The van der Waals surface area contributed by atoms with Crippen molar-refractivity contribution in [2.24, 2.45) is 13.0 Å². The number of hydrogen-bond donors (Lipinski definition) is 1.